The molecule has 1 aliphatic heterocycles. The normalized spacial score (nSPS) is 25.1. The first-order chi connectivity index (χ1) is 7.29. The van der Waals surface area contributed by atoms with Crippen molar-refractivity contribution in [2.24, 2.45) is 0 Å². The molecule has 1 N–H and O–H groups in total. The molecule has 0 aromatic heterocycles. The van der Waals surface area contributed by atoms with Crippen molar-refractivity contribution in [3.8, 4) is 0 Å². The zero-order chi connectivity index (χ0) is 10.7. The van der Waals surface area contributed by atoms with Crippen molar-refractivity contribution in [2.45, 2.75) is 18.9 Å². The molecule has 1 aromatic rings. The minimum absolute atomic E-state index is 0.601. The SMILES string of the molecule is CC(c1ccccc1)C1CNCCN1C. The lowest BCUT2D eigenvalue weighted by Gasteiger charge is -2.37. The second-order valence-corrected chi connectivity index (χ2v) is 4.45. The molecule has 1 saturated heterocycles. The summed E-state index contributed by atoms with van der Waals surface area (Å²) in [6, 6.07) is 11.4. The van der Waals surface area contributed by atoms with Gasteiger partial charge >= 0.3 is 0 Å². The molecule has 0 bridgehead atoms. The largest absolute Gasteiger partial charge is 0.314 e. The Morgan fingerprint density at radius 1 is 1.33 bits per heavy atom. The van der Waals surface area contributed by atoms with Crippen LogP contribution in [0.15, 0.2) is 30.3 Å². The van der Waals surface area contributed by atoms with Crippen molar-refractivity contribution in [1.82, 2.24) is 10.2 Å². The maximum Gasteiger partial charge on any atom is 0.0284 e. The number of nitrogens with zero attached hydrogens (tertiary/aromatic N) is 1. The van der Waals surface area contributed by atoms with E-state index in [4.69, 9.17) is 0 Å². The van der Waals surface area contributed by atoms with Crippen LogP contribution in [-0.4, -0.2) is 37.6 Å². The standard InChI is InChI=1S/C13H20N2/c1-11(12-6-4-3-5-7-12)13-10-14-8-9-15(13)2/h3-7,11,13-14H,8-10H2,1-2H3. The van der Waals surface area contributed by atoms with Gasteiger partial charge in [0, 0.05) is 25.7 Å². The molecule has 0 amide bonds. The number of hydrogen-bond donors (Lipinski definition) is 1. The molecule has 0 spiro atoms. The molecule has 2 atom stereocenters. The van der Waals surface area contributed by atoms with Gasteiger partial charge in [0.15, 0.2) is 0 Å². The smallest absolute Gasteiger partial charge is 0.0284 e. The molecule has 0 saturated carbocycles. The zero-order valence-electron chi connectivity index (χ0n) is 9.61. The quantitative estimate of drug-likeness (QED) is 0.788. The van der Waals surface area contributed by atoms with Crippen molar-refractivity contribution < 1.29 is 0 Å². The Morgan fingerprint density at radius 3 is 2.73 bits per heavy atom. The average Bonchev–Trinajstić information content (AvgIpc) is 2.30. The molecule has 1 aliphatic rings. The van der Waals surface area contributed by atoms with Crippen LogP contribution in [0.1, 0.15) is 18.4 Å². The van der Waals surface area contributed by atoms with Crippen molar-refractivity contribution in [3.63, 3.8) is 0 Å². The van der Waals surface area contributed by atoms with Crippen LogP contribution in [0.4, 0.5) is 0 Å². The molecule has 2 nitrogen and oxygen atoms in total. The summed E-state index contributed by atoms with van der Waals surface area (Å²) >= 11 is 0. The highest BCUT2D eigenvalue weighted by Gasteiger charge is 2.24. The molecule has 0 aliphatic carbocycles. The molecule has 2 rings (SSSR count). The second-order valence-electron chi connectivity index (χ2n) is 4.45. The minimum atomic E-state index is 0.601. The third kappa shape index (κ3) is 2.39. The van der Waals surface area contributed by atoms with Crippen LogP contribution in [0.25, 0.3) is 0 Å². The number of piperazine rings is 1. The molecule has 0 radical (unpaired) electrons. The Balaban J connectivity index is 2.09. The van der Waals surface area contributed by atoms with Crippen LogP contribution >= 0.6 is 0 Å². The van der Waals surface area contributed by atoms with Crippen molar-refractivity contribution in [1.29, 1.82) is 0 Å². The summed E-state index contributed by atoms with van der Waals surface area (Å²) in [5, 5.41) is 3.47. The highest BCUT2D eigenvalue weighted by atomic mass is 15.2. The zero-order valence-corrected chi connectivity index (χ0v) is 9.61. The Bertz CT molecular complexity index is 297. The fourth-order valence-corrected chi connectivity index (χ4v) is 2.36. The Morgan fingerprint density at radius 2 is 2.07 bits per heavy atom. The first-order valence-corrected chi connectivity index (χ1v) is 5.75. The summed E-state index contributed by atoms with van der Waals surface area (Å²) in [4.78, 5) is 2.47. The molecule has 2 unspecified atom stereocenters. The number of rotatable bonds is 2. The van der Waals surface area contributed by atoms with E-state index in [1.807, 2.05) is 0 Å². The van der Waals surface area contributed by atoms with Gasteiger partial charge in [0.2, 0.25) is 0 Å². The van der Waals surface area contributed by atoms with Gasteiger partial charge in [0.05, 0.1) is 0 Å². The van der Waals surface area contributed by atoms with Crippen LogP contribution in [0.2, 0.25) is 0 Å². The van der Waals surface area contributed by atoms with Crippen LogP contribution in [0, 0.1) is 0 Å². The van der Waals surface area contributed by atoms with Crippen molar-refractivity contribution in [2.75, 3.05) is 26.7 Å². The van der Waals surface area contributed by atoms with Crippen LogP contribution in [0.3, 0.4) is 0 Å². The number of benzene rings is 1. The van der Waals surface area contributed by atoms with Gasteiger partial charge in [0.1, 0.15) is 0 Å². The Hall–Kier alpha value is -0.860. The molecule has 2 heteroatoms. The summed E-state index contributed by atoms with van der Waals surface area (Å²) in [6.07, 6.45) is 0. The lowest BCUT2D eigenvalue weighted by atomic mass is 9.91. The van der Waals surface area contributed by atoms with Crippen LogP contribution in [0.5, 0.6) is 0 Å². The van der Waals surface area contributed by atoms with E-state index in [9.17, 15) is 0 Å². The van der Waals surface area contributed by atoms with Gasteiger partial charge in [-0.1, -0.05) is 37.3 Å². The number of likely N-dealkylation sites (N-methyl/N-ethyl adjacent to an activating group) is 1. The maximum atomic E-state index is 3.47. The number of nitrogens with one attached hydrogen (secondary N) is 1. The highest BCUT2D eigenvalue weighted by Crippen LogP contribution is 2.22. The molecule has 82 valence electrons. The van der Waals surface area contributed by atoms with Gasteiger partial charge in [-0.3, -0.25) is 0 Å². The van der Waals surface area contributed by atoms with Gasteiger partial charge < -0.3 is 10.2 Å². The molecule has 1 fully saturated rings. The molecule has 15 heavy (non-hydrogen) atoms. The first-order valence-electron chi connectivity index (χ1n) is 5.75. The summed E-state index contributed by atoms with van der Waals surface area (Å²) in [6.45, 7) is 5.70. The van der Waals surface area contributed by atoms with Gasteiger partial charge in [0.25, 0.3) is 0 Å². The number of hydrogen-bond acceptors (Lipinski definition) is 2. The average molecular weight is 204 g/mol. The monoisotopic (exact) mass is 204 g/mol. The van der Waals surface area contributed by atoms with E-state index in [-0.39, 0.29) is 0 Å². The fourth-order valence-electron chi connectivity index (χ4n) is 2.36. The summed E-state index contributed by atoms with van der Waals surface area (Å²) in [5.41, 5.74) is 1.44. The van der Waals surface area contributed by atoms with E-state index < -0.39 is 0 Å². The van der Waals surface area contributed by atoms with Gasteiger partial charge in [-0.25, -0.2) is 0 Å². The topological polar surface area (TPSA) is 15.3 Å². The summed E-state index contributed by atoms with van der Waals surface area (Å²) in [7, 11) is 2.23. The van der Waals surface area contributed by atoms with E-state index >= 15 is 0 Å². The molecular formula is C13H20N2. The summed E-state index contributed by atoms with van der Waals surface area (Å²) < 4.78 is 0. The van der Waals surface area contributed by atoms with Crippen LogP contribution in [-0.2, 0) is 0 Å². The predicted octanol–water partition coefficient (Wildman–Crippen LogP) is 1.69. The van der Waals surface area contributed by atoms with Crippen molar-refractivity contribution >= 4 is 0 Å². The van der Waals surface area contributed by atoms with E-state index in [0.717, 1.165) is 19.6 Å². The van der Waals surface area contributed by atoms with Crippen LogP contribution < -0.4 is 5.32 Å². The summed E-state index contributed by atoms with van der Waals surface area (Å²) in [5.74, 6) is 0.601. The lowest BCUT2D eigenvalue weighted by Crippen LogP contribution is -2.51. The Kier molecular flexibility index (Phi) is 3.39. The minimum Gasteiger partial charge on any atom is -0.314 e. The third-order valence-electron chi connectivity index (χ3n) is 3.46. The maximum absolute atomic E-state index is 3.47. The van der Waals surface area contributed by atoms with E-state index in [1.54, 1.807) is 0 Å². The second kappa shape index (κ2) is 4.77. The molecular weight excluding hydrogens is 184 g/mol. The molecule has 1 heterocycles. The fraction of sp³-hybridized carbons (Fsp3) is 0.538. The molecule has 1 aromatic carbocycles. The highest BCUT2D eigenvalue weighted by molar-refractivity contribution is 5.20. The first kappa shape index (κ1) is 10.7. The van der Waals surface area contributed by atoms with Gasteiger partial charge in [-0.15, -0.1) is 0 Å². The van der Waals surface area contributed by atoms with Crippen molar-refractivity contribution in [3.05, 3.63) is 35.9 Å². The van der Waals surface area contributed by atoms with E-state index in [1.165, 1.54) is 5.56 Å². The lowest BCUT2D eigenvalue weighted by molar-refractivity contribution is 0.178. The van der Waals surface area contributed by atoms with E-state index in [2.05, 4.69) is 54.5 Å². The van der Waals surface area contributed by atoms with Gasteiger partial charge in [-0.2, -0.15) is 0 Å². The predicted molar refractivity (Wildman–Crippen MR) is 64.1 cm³/mol. The Labute approximate surface area is 92.3 Å². The third-order valence-corrected chi connectivity index (χ3v) is 3.46. The van der Waals surface area contributed by atoms with E-state index in [0.29, 0.717) is 12.0 Å². The van der Waals surface area contributed by atoms with Gasteiger partial charge in [-0.05, 0) is 18.5 Å².